The summed E-state index contributed by atoms with van der Waals surface area (Å²) in [7, 11) is 1.72. The number of hydrogen-bond acceptors (Lipinski definition) is 4. The van der Waals surface area contributed by atoms with Gasteiger partial charge in [-0.15, -0.1) is 0 Å². The summed E-state index contributed by atoms with van der Waals surface area (Å²) in [6.07, 6.45) is 7.46. The minimum absolute atomic E-state index is 0.339. The maximum Gasteiger partial charge on any atom is 0.163 e. The third-order valence-electron chi connectivity index (χ3n) is 5.99. The van der Waals surface area contributed by atoms with E-state index in [1.807, 2.05) is 0 Å². The van der Waals surface area contributed by atoms with Crippen LogP contribution in [-0.2, 0) is 6.42 Å². The Kier molecular flexibility index (Phi) is 6.38. The number of aryl methyl sites for hydroxylation is 1. The molecule has 150 valence electrons. The Morgan fingerprint density at radius 2 is 1.86 bits per heavy atom. The summed E-state index contributed by atoms with van der Waals surface area (Å²) in [6.45, 7) is 3.07. The predicted octanol–water partition coefficient (Wildman–Crippen LogP) is 4.43. The number of nitrogens with one attached hydrogen (secondary N) is 1. The Bertz CT molecular complexity index is 744. The lowest BCUT2D eigenvalue weighted by molar-refractivity contribution is 0.201. The second kappa shape index (κ2) is 9.33. The number of nitrogens with zero attached hydrogens (tertiary/aromatic N) is 1. The van der Waals surface area contributed by atoms with Gasteiger partial charge < -0.3 is 19.7 Å². The molecule has 1 saturated carbocycles. The fourth-order valence-corrected chi connectivity index (χ4v) is 4.38. The molecule has 0 aromatic heterocycles. The van der Waals surface area contributed by atoms with E-state index in [4.69, 9.17) is 9.47 Å². The summed E-state index contributed by atoms with van der Waals surface area (Å²) < 4.78 is 11.8. The van der Waals surface area contributed by atoms with Crippen LogP contribution in [-0.4, -0.2) is 38.9 Å². The normalized spacial score (nSPS) is 20.3. The SMILES string of the molecule is COc1ccc(N2CCNC(CCc3ccccc3)C2)cc1OC1CCCC1. The van der Waals surface area contributed by atoms with Crippen molar-refractivity contribution < 1.29 is 9.47 Å². The van der Waals surface area contributed by atoms with Crippen molar-refractivity contribution in [2.24, 2.45) is 0 Å². The van der Waals surface area contributed by atoms with Crippen molar-refractivity contribution in [2.45, 2.75) is 50.7 Å². The number of hydrogen-bond donors (Lipinski definition) is 1. The number of rotatable bonds is 7. The van der Waals surface area contributed by atoms with E-state index in [0.29, 0.717) is 12.1 Å². The molecule has 1 saturated heterocycles. The highest BCUT2D eigenvalue weighted by molar-refractivity contribution is 5.57. The van der Waals surface area contributed by atoms with Gasteiger partial charge in [-0.25, -0.2) is 0 Å². The van der Waals surface area contributed by atoms with Crippen LogP contribution >= 0.6 is 0 Å². The molecule has 28 heavy (non-hydrogen) atoms. The zero-order valence-corrected chi connectivity index (χ0v) is 16.9. The van der Waals surface area contributed by atoms with Gasteiger partial charge in [-0.3, -0.25) is 0 Å². The molecule has 1 aliphatic heterocycles. The Morgan fingerprint density at radius 1 is 1.04 bits per heavy atom. The highest BCUT2D eigenvalue weighted by Gasteiger charge is 2.22. The lowest BCUT2D eigenvalue weighted by Crippen LogP contribution is -2.50. The van der Waals surface area contributed by atoms with Gasteiger partial charge in [0.2, 0.25) is 0 Å². The molecule has 0 radical (unpaired) electrons. The van der Waals surface area contributed by atoms with Gasteiger partial charge in [0.1, 0.15) is 0 Å². The zero-order chi connectivity index (χ0) is 19.2. The van der Waals surface area contributed by atoms with Gasteiger partial charge in [0.25, 0.3) is 0 Å². The van der Waals surface area contributed by atoms with Crippen molar-refractivity contribution in [3.8, 4) is 11.5 Å². The molecule has 4 rings (SSSR count). The molecule has 4 nitrogen and oxygen atoms in total. The third kappa shape index (κ3) is 4.79. The summed E-state index contributed by atoms with van der Waals surface area (Å²) >= 11 is 0. The molecule has 1 unspecified atom stereocenters. The second-order valence-corrected chi connectivity index (χ2v) is 7.98. The maximum atomic E-state index is 6.29. The van der Waals surface area contributed by atoms with E-state index in [2.05, 4.69) is 58.7 Å². The molecule has 4 heteroatoms. The van der Waals surface area contributed by atoms with Crippen molar-refractivity contribution in [3.63, 3.8) is 0 Å². The third-order valence-corrected chi connectivity index (χ3v) is 5.99. The van der Waals surface area contributed by atoms with Crippen molar-refractivity contribution in [1.82, 2.24) is 5.32 Å². The molecule has 2 fully saturated rings. The van der Waals surface area contributed by atoms with Crippen LogP contribution in [0.25, 0.3) is 0 Å². The van der Waals surface area contributed by atoms with Crippen LogP contribution in [0.15, 0.2) is 48.5 Å². The molecule has 1 aliphatic carbocycles. The van der Waals surface area contributed by atoms with Gasteiger partial charge in [-0.2, -0.15) is 0 Å². The van der Waals surface area contributed by atoms with Gasteiger partial charge in [0.05, 0.1) is 13.2 Å². The average molecular weight is 381 g/mol. The molecular formula is C24H32N2O2. The fraction of sp³-hybridized carbons (Fsp3) is 0.500. The van der Waals surface area contributed by atoms with Gasteiger partial charge in [-0.05, 0) is 56.2 Å². The Balaban J connectivity index is 1.40. The highest BCUT2D eigenvalue weighted by Crippen LogP contribution is 2.35. The van der Waals surface area contributed by atoms with Crippen LogP contribution in [0, 0.1) is 0 Å². The van der Waals surface area contributed by atoms with Crippen LogP contribution in [0.3, 0.4) is 0 Å². The minimum Gasteiger partial charge on any atom is -0.493 e. The summed E-state index contributed by atoms with van der Waals surface area (Å²) in [5, 5.41) is 3.69. The summed E-state index contributed by atoms with van der Waals surface area (Å²) in [5.74, 6) is 1.73. The molecule has 1 atom stereocenters. The van der Waals surface area contributed by atoms with E-state index in [9.17, 15) is 0 Å². The first-order chi connectivity index (χ1) is 13.8. The monoisotopic (exact) mass is 380 g/mol. The topological polar surface area (TPSA) is 33.7 Å². The quantitative estimate of drug-likeness (QED) is 0.771. The standard InChI is InChI=1S/C24H32N2O2/c1-27-23-14-13-21(17-24(23)28-22-9-5-6-10-22)26-16-15-25-20(18-26)12-11-19-7-3-2-4-8-19/h2-4,7-8,13-14,17,20,22,25H,5-6,9-12,15-16,18H2,1H3. The number of ether oxygens (including phenoxy) is 2. The summed E-state index contributed by atoms with van der Waals surface area (Å²) in [5.41, 5.74) is 2.65. The zero-order valence-electron chi connectivity index (χ0n) is 16.9. The molecular weight excluding hydrogens is 348 g/mol. The molecule has 1 N–H and O–H groups in total. The van der Waals surface area contributed by atoms with Gasteiger partial charge in [0, 0.05) is 37.4 Å². The van der Waals surface area contributed by atoms with Crippen LogP contribution < -0.4 is 19.7 Å². The van der Waals surface area contributed by atoms with Gasteiger partial charge >= 0.3 is 0 Å². The van der Waals surface area contributed by atoms with E-state index in [1.54, 1.807) is 7.11 Å². The molecule has 1 heterocycles. The molecule has 2 aliphatic rings. The van der Waals surface area contributed by atoms with Gasteiger partial charge in [-0.1, -0.05) is 30.3 Å². The molecule has 2 aromatic carbocycles. The van der Waals surface area contributed by atoms with Crippen LogP contribution in [0.2, 0.25) is 0 Å². The first-order valence-electron chi connectivity index (χ1n) is 10.7. The highest BCUT2D eigenvalue weighted by atomic mass is 16.5. The molecule has 0 amide bonds. The van der Waals surface area contributed by atoms with E-state index in [-0.39, 0.29) is 0 Å². The van der Waals surface area contributed by atoms with Crippen LogP contribution in [0.1, 0.15) is 37.7 Å². The summed E-state index contributed by atoms with van der Waals surface area (Å²) in [4.78, 5) is 2.48. The average Bonchev–Trinajstić information content (AvgIpc) is 3.26. The Morgan fingerprint density at radius 3 is 2.64 bits per heavy atom. The maximum absolute atomic E-state index is 6.29. The van der Waals surface area contributed by atoms with Crippen molar-refractivity contribution >= 4 is 5.69 Å². The lowest BCUT2D eigenvalue weighted by Gasteiger charge is -2.35. The Labute approximate surface area is 168 Å². The Hall–Kier alpha value is -2.20. The molecule has 2 aromatic rings. The largest absolute Gasteiger partial charge is 0.493 e. The van der Waals surface area contributed by atoms with Crippen molar-refractivity contribution in [3.05, 3.63) is 54.1 Å². The summed E-state index contributed by atoms with van der Waals surface area (Å²) in [6, 6.07) is 17.7. The predicted molar refractivity (Wildman–Crippen MR) is 115 cm³/mol. The number of piperazine rings is 1. The first kappa shape index (κ1) is 19.1. The van der Waals surface area contributed by atoms with Crippen LogP contribution in [0.4, 0.5) is 5.69 Å². The lowest BCUT2D eigenvalue weighted by atomic mass is 10.0. The van der Waals surface area contributed by atoms with Gasteiger partial charge in [0.15, 0.2) is 11.5 Å². The van der Waals surface area contributed by atoms with Crippen molar-refractivity contribution in [2.75, 3.05) is 31.6 Å². The van der Waals surface area contributed by atoms with E-state index < -0.39 is 0 Å². The fourth-order valence-electron chi connectivity index (χ4n) is 4.38. The minimum atomic E-state index is 0.339. The number of benzene rings is 2. The smallest absolute Gasteiger partial charge is 0.163 e. The molecule has 0 spiro atoms. The number of anilines is 1. The van der Waals surface area contributed by atoms with Crippen LogP contribution in [0.5, 0.6) is 11.5 Å². The number of methoxy groups -OCH3 is 1. The first-order valence-corrected chi connectivity index (χ1v) is 10.7. The van der Waals surface area contributed by atoms with E-state index in [1.165, 1.54) is 24.1 Å². The molecule has 0 bridgehead atoms. The van der Waals surface area contributed by atoms with E-state index in [0.717, 1.165) is 56.8 Å². The van der Waals surface area contributed by atoms with Crippen molar-refractivity contribution in [1.29, 1.82) is 0 Å². The second-order valence-electron chi connectivity index (χ2n) is 7.98. The van der Waals surface area contributed by atoms with E-state index >= 15 is 0 Å².